The summed E-state index contributed by atoms with van der Waals surface area (Å²) >= 11 is 0. The highest BCUT2D eigenvalue weighted by atomic mass is 16.6. The summed E-state index contributed by atoms with van der Waals surface area (Å²) < 4.78 is 9.73. The maximum atomic E-state index is 11.6. The quantitative estimate of drug-likeness (QED) is 0.376. The van der Waals surface area contributed by atoms with Crippen LogP contribution in [0.25, 0.3) is 0 Å². The van der Waals surface area contributed by atoms with Gasteiger partial charge in [0.15, 0.2) is 5.92 Å². The van der Waals surface area contributed by atoms with E-state index in [-0.39, 0.29) is 13.2 Å². The summed E-state index contributed by atoms with van der Waals surface area (Å²) in [6, 6.07) is 0. The van der Waals surface area contributed by atoms with Gasteiger partial charge >= 0.3 is 11.9 Å². The van der Waals surface area contributed by atoms with E-state index in [1.807, 2.05) is 0 Å². The molecule has 0 heterocycles. The van der Waals surface area contributed by atoms with Crippen LogP contribution in [0.4, 0.5) is 0 Å². The Labute approximate surface area is 103 Å². The van der Waals surface area contributed by atoms with Gasteiger partial charge in [0, 0.05) is 0 Å². The molecule has 0 aromatic heterocycles. The fourth-order valence-electron chi connectivity index (χ4n) is 1.49. The standard InChI is InChI=1S/C12H23NO4/c1-3-16-11(14)10(12(15)17-4-2)8-6-5-7-9-13/h10H,3-9,13H2,1-2H3. The van der Waals surface area contributed by atoms with Gasteiger partial charge in [0.1, 0.15) is 0 Å². The lowest BCUT2D eigenvalue weighted by Gasteiger charge is -2.13. The molecular weight excluding hydrogens is 222 g/mol. The maximum Gasteiger partial charge on any atom is 0.320 e. The molecule has 0 saturated carbocycles. The first-order chi connectivity index (χ1) is 8.17. The zero-order valence-electron chi connectivity index (χ0n) is 10.7. The highest BCUT2D eigenvalue weighted by molar-refractivity contribution is 5.94. The summed E-state index contributed by atoms with van der Waals surface area (Å²) in [7, 11) is 0. The molecule has 0 aliphatic carbocycles. The summed E-state index contributed by atoms with van der Waals surface area (Å²) in [4.78, 5) is 23.2. The minimum atomic E-state index is -0.785. The summed E-state index contributed by atoms with van der Waals surface area (Å²) in [5.74, 6) is -1.76. The van der Waals surface area contributed by atoms with E-state index < -0.39 is 17.9 Å². The van der Waals surface area contributed by atoms with Gasteiger partial charge in [-0.15, -0.1) is 0 Å². The fourth-order valence-corrected chi connectivity index (χ4v) is 1.49. The molecule has 5 nitrogen and oxygen atoms in total. The Balaban J connectivity index is 4.19. The first-order valence-corrected chi connectivity index (χ1v) is 6.20. The van der Waals surface area contributed by atoms with Crippen molar-refractivity contribution in [3.8, 4) is 0 Å². The zero-order chi connectivity index (χ0) is 13.1. The third kappa shape index (κ3) is 6.94. The van der Waals surface area contributed by atoms with Gasteiger partial charge in [0.2, 0.25) is 0 Å². The van der Waals surface area contributed by atoms with Crippen LogP contribution in [0.5, 0.6) is 0 Å². The molecule has 0 aliphatic heterocycles. The Kier molecular flexibility index (Phi) is 9.43. The van der Waals surface area contributed by atoms with E-state index in [1.165, 1.54) is 0 Å². The lowest BCUT2D eigenvalue weighted by Crippen LogP contribution is -2.28. The zero-order valence-corrected chi connectivity index (χ0v) is 10.7. The number of hydrogen-bond acceptors (Lipinski definition) is 5. The highest BCUT2D eigenvalue weighted by Crippen LogP contribution is 2.14. The Morgan fingerprint density at radius 2 is 1.53 bits per heavy atom. The molecule has 0 saturated heterocycles. The van der Waals surface area contributed by atoms with Crippen molar-refractivity contribution in [1.82, 2.24) is 0 Å². The predicted octanol–water partition coefficient (Wildman–Crippen LogP) is 1.25. The molecule has 5 heteroatoms. The number of esters is 2. The average Bonchev–Trinajstić information content (AvgIpc) is 2.29. The molecule has 17 heavy (non-hydrogen) atoms. The predicted molar refractivity (Wildman–Crippen MR) is 64.3 cm³/mol. The van der Waals surface area contributed by atoms with Crippen LogP contribution in [-0.2, 0) is 19.1 Å². The van der Waals surface area contributed by atoms with E-state index in [4.69, 9.17) is 15.2 Å². The lowest BCUT2D eigenvalue weighted by molar-refractivity contribution is -0.161. The van der Waals surface area contributed by atoms with E-state index in [1.54, 1.807) is 13.8 Å². The fraction of sp³-hybridized carbons (Fsp3) is 0.833. The first kappa shape index (κ1) is 15.9. The van der Waals surface area contributed by atoms with E-state index in [0.717, 1.165) is 19.3 Å². The lowest BCUT2D eigenvalue weighted by atomic mass is 10.0. The Morgan fingerprint density at radius 3 is 1.94 bits per heavy atom. The molecule has 0 spiro atoms. The summed E-state index contributed by atoms with van der Waals surface area (Å²) in [6.45, 7) is 4.61. The SMILES string of the molecule is CCOC(=O)C(CCCCCN)C(=O)OCC. The van der Waals surface area contributed by atoms with Gasteiger partial charge in [-0.05, 0) is 33.2 Å². The maximum absolute atomic E-state index is 11.6. The minimum absolute atomic E-state index is 0.275. The third-order valence-electron chi connectivity index (χ3n) is 2.34. The van der Waals surface area contributed by atoms with Crippen LogP contribution in [0.1, 0.15) is 39.5 Å². The number of hydrogen-bond donors (Lipinski definition) is 1. The van der Waals surface area contributed by atoms with Crippen LogP contribution in [0.2, 0.25) is 0 Å². The number of carbonyl (C=O) groups is 2. The second-order valence-corrected chi connectivity index (χ2v) is 3.69. The molecule has 0 aromatic rings. The van der Waals surface area contributed by atoms with Gasteiger partial charge in [-0.2, -0.15) is 0 Å². The van der Waals surface area contributed by atoms with E-state index in [9.17, 15) is 9.59 Å². The van der Waals surface area contributed by atoms with Gasteiger partial charge in [0.05, 0.1) is 13.2 Å². The van der Waals surface area contributed by atoms with Crippen LogP contribution in [0, 0.1) is 5.92 Å². The largest absolute Gasteiger partial charge is 0.465 e. The van der Waals surface area contributed by atoms with E-state index in [2.05, 4.69) is 0 Å². The van der Waals surface area contributed by atoms with Gasteiger partial charge in [-0.1, -0.05) is 12.8 Å². The monoisotopic (exact) mass is 245 g/mol. The summed E-state index contributed by atoms with van der Waals surface area (Å²) in [6.07, 6.45) is 3.06. The first-order valence-electron chi connectivity index (χ1n) is 6.20. The number of ether oxygens (including phenoxy) is 2. The highest BCUT2D eigenvalue weighted by Gasteiger charge is 2.28. The molecule has 0 aliphatic rings. The van der Waals surface area contributed by atoms with Crippen molar-refractivity contribution in [1.29, 1.82) is 0 Å². The normalized spacial score (nSPS) is 10.4. The van der Waals surface area contributed by atoms with E-state index in [0.29, 0.717) is 13.0 Å². The van der Waals surface area contributed by atoms with Crippen molar-refractivity contribution in [2.75, 3.05) is 19.8 Å². The van der Waals surface area contributed by atoms with Crippen LogP contribution in [0.3, 0.4) is 0 Å². The van der Waals surface area contributed by atoms with Crippen molar-refractivity contribution in [3.05, 3.63) is 0 Å². The van der Waals surface area contributed by atoms with Crippen molar-refractivity contribution in [2.45, 2.75) is 39.5 Å². The molecule has 2 N–H and O–H groups in total. The molecule has 0 fully saturated rings. The van der Waals surface area contributed by atoms with Crippen molar-refractivity contribution in [3.63, 3.8) is 0 Å². The average molecular weight is 245 g/mol. The summed E-state index contributed by atoms with van der Waals surface area (Å²) in [5.41, 5.74) is 5.38. The molecule has 0 rings (SSSR count). The topological polar surface area (TPSA) is 78.6 Å². The number of nitrogens with two attached hydrogens (primary N) is 1. The molecule has 0 amide bonds. The van der Waals surface area contributed by atoms with Gasteiger partial charge < -0.3 is 15.2 Å². The molecule has 0 atom stereocenters. The summed E-state index contributed by atoms with van der Waals surface area (Å²) in [5, 5.41) is 0. The Bertz CT molecular complexity index is 213. The second-order valence-electron chi connectivity index (χ2n) is 3.69. The van der Waals surface area contributed by atoms with Crippen molar-refractivity contribution < 1.29 is 19.1 Å². The third-order valence-corrected chi connectivity index (χ3v) is 2.34. The minimum Gasteiger partial charge on any atom is -0.465 e. The van der Waals surface area contributed by atoms with Gasteiger partial charge in [0.25, 0.3) is 0 Å². The van der Waals surface area contributed by atoms with Crippen molar-refractivity contribution in [2.24, 2.45) is 11.7 Å². The molecule has 0 radical (unpaired) electrons. The van der Waals surface area contributed by atoms with Crippen LogP contribution in [0.15, 0.2) is 0 Å². The van der Waals surface area contributed by atoms with Gasteiger partial charge in [-0.25, -0.2) is 0 Å². The van der Waals surface area contributed by atoms with Crippen LogP contribution in [-0.4, -0.2) is 31.7 Å². The molecule has 0 unspecified atom stereocenters. The van der Waals surface area contributed by atoms with Gasteiger partial charge in [-0.3, -0.25) is 9.59 Å². The molecule has 0 aromatic carbocycles. The number of carbonyl (C=O) groups excluding carboxylic acids is 2. The Hall–Kier alpha value is -1.10. The molecule has 100 valence electrons. The number of unbranched alkanes of at least 4 members (excludes halogenated alkanes) is 2. The van der Waals surface area contributed by atoms with Crippen LogP contribution >= 0.6 is 0 Å². The van der Waals surface area contributed by atoms with Crippen molar-refractivity contribution >= 4 is 11.9 Å². The second kappa shape index (κ2) is 10.1. The molecular formula is C12H23NO4. The van der Waals surface area contributed by atoms with E-state index >= 15 is 0 Å². The van der Waals surface area contributed by atoms with Crippen LogP contribution < -0.4 is 5.73 Å². The number of rotatable bonds is 9. The molecule has 0 bridgehead atoms. The Morgan fingerprint density at radius 1 is 1.00 bits per heavy atom. The smallest absolute Gasteiger partial charge is 0.320 e.